The van der Waals surface area contributed by atoms with E-state index in [0.717, 1.165) is 33.1 Å². The minimum absolute atomic E-state index is 0.763. The fraction of sp³-hybridized carbons (Fsp3) is 0.214. The lowest BCUT2D eigenvalue weighted by Gasteiger charge is -1.99. The maximum atomic E-state index is 5.89. The number of thioether (sulfide) groups is 1. The molecule has 0 aliphatic heterocycles. The number of aryl methyl sites for hydroxylation is 1. The third-order valence-electron chi connectivity index (χ3n) is 2.89. The molecule has 0 bridgehead atoms. The van der Waals surface area contributed by atoms with E-state index in [4.69, 9.17) is 11.6 Å². The highest BCUT2D eigenvalue weighted by Gasteiger charge is 2.06. The van der Waals surface area contributed by atoms with Crippen molar-refractivity contribution in [1.29, 1.82) is 0 Å². The molecule has 3 aromatic rings. The van der Waals surface area contributed by atoms with Gasteiger partial charge in [-0.25, -0.2) is 4.98 Å². The van der Waals surface area contributed by atoms with Crippen LogP contribution in [0.25, 0.3) is 0 Å². The van der Waals surface area contributed by atoms with Gasteiger partial charge in [0.2, 0.25) is 0 Å². The highest BCUT2D eigenvalue weighted by Crippen LogP contribution is 2.22. The van der Waals surface area contributed by atoms with E-state index < -0.39 is 0 Å². The second-order valence-electron chi connectivity index (χ2n) is 4.55. The lowest BCUT2D eigenvalue weighted by atomic mass is 10.2. The largest absolute Gasteiger partial charge is 0.312 e. The average molecular weight is 337 g/mol. The molecule has 108 valence electrons. The average Bonchev–Trinajstić information content (AvgIpc) is 3.08. The summed E-state index contributed by atoms with van der Waals surface area (Å²) in [6.45, 7) is 0. The zero-order valence-corrected chi connectivity index (χ0v) is 13.8. The lowest BCUT2D eigenvalue weighted by Crippen LogP contribution is -1.91. The molecule has 0 saturated carbocycles. The number of hydrogen-bond donors (Lipinski definition) is 0. The van der Waals surface area contributed by atoms with Crippen LogP contribution in [-0.2, 0) is 19.2 Å². The molecule has 0 amide bonds. The molecule has 0 unspecified atom stereocenters. The third-order valence-corrected chi connectivity index (χ3v) is 5.10. The van der Waals surface area contributed by atoms with E-state index >= 15 is 0 Å². The molecule has 0 N–H and O–H groups in total. The number of nitrogens with zero attached hydrogens (tertiary/aromatic N) is 4. The molecule has 0 aliphatic rings. The standard InChI is InChI=1S/C14H13ClN4S2/c1-19-9-16-18-14(19)21-8-12-7-20-13(17-12)6-10-2-4-11(15)5-3-10/h2-5,7,9H,6,8H2,1H3. The topological polar surface area (TPSA) is 43.6 Å². The maximum absolute atomic E-state index is 5.89. The number of thiazole rings is 1. The van der Waals surface area contributed by atoms with E-state index in [0.29, 0.717) is 0 Å². The van der Waals surface area contributed by atoms with Crippen molar-refractivity contribution < 1.29 is 0 Å². The van der Waals surface area contributed by atoms with Crippen molar-refractivity contribution in [2.24, 2.45) is 7.05 Å². The number of benzene rings is 1. The van der Waals surface area contributed by atoms with Crippen LogP contribution in [0.3, 0.4) is 0 Å². The summed E-state index contributed by atoms with van der Waals surface area (Å²) >= 11 is 9.23. The zero-order chi connectivity index (χ0) is 14.7. The molecule has 2 heterocycles. The maximum Gasteiger partial charge on any atom is 0.191 e. The first-order valence-electron chi connectivity index (χ1n) is 6.35. The Bertz CT molecular complexity index is 721. The van der Waals surface area contributed by atoms with Crippen molar-refractivity contribution in [2.75, 3.05) is 0 Å². The third kappa shape index (κ3) is 3.84. The van der Waals surface area contributed by atoms with Crippen molar-refractivity contribution in [3.05, 3.63) is 57.3 Å². The molecule has 0 aliphatic carbocycles. The Balaban J connectivity index is 1.61. The molecule has 2 aromatic heterocycles. The van der Waals surface area contributed by atoms with Crippen LogP contribution in [0.5, 0.6) is 0 Å². The SMILES string of the molecule is Cn1cnnc1SCc1csc(Cc2ccc(Cl)cc2)n1. The first-order chi connectivity index (χ1) is 10.2. The van der Waals surface area contributed by atoms with E-state index in [2.05, 4.69) is 20.6 Å². The van der Waals surface area contributed by atoms with Crippen LogP contribution in [0.4, 0.5) is 0 Å². The van der Waals surface area contributed by atoms with Crippen LogP contribution in [0.2, 0.25) is 5.02 Å². The number of hydrogen-bond acceptors (Lipinski definition) is 5. The van der Waals surface area contributed by atoms with E-state index in [-0.39, 0.29) is 0 Å². The Morgan fingerprint density at radius 2 is 2.10 bits per heavy atom. The predicted octanol–water partition coefficient (Wildman–Crippen LogP) is 3.81. The molecule has 0 atom stereocenters. The summed E-state index contributed by atoms with van der Waals surface area (Å²) < 4.78 is 1.91. The van der Waals surface area contributed by atoms with Crippen LogP contribution in [-0.4, -0.2) is 19.7 Å². The molecule has 0 spiro atoms. The molecule has 3 rings (SSSR count). The van der Waals surface area contributed by atoms with Gasteiger partial charge >= 0.3 is 0 Å². The Hall–Kier alpha value is -1.37. The highest BCUT2D eigenvalue weighted by atomic mass is 35.5. The van der Waals surface area contributed by atoms with Crippen molar-refractivity contribution >= 4 is 34.7 Å². The number of rotatable bonds is 5. The normalized spacial score (nSPS) is 11.0. The molecular formula is C14H13ClN4S2. The van der Waals surface area contributed by atoms with Crippen molar-refractivity contribution in [3.8, 4) is 0 Å². The summed E-state index contributed by atoms with van der Waals surface area (Å²) in [7, 11) is 1.94. The van der Waals surface area contributed by atoms with E-state index in [1.54, 1.807) is 29.4 Å². The summed E-state index contributed by atoms with van der Waals surface area (Å²) in [5.74, 6) is 0.809. The van der Waals surface area contributed by atoms with E-state index in [1.807, 2.05) is 35.9 Å². The smallest absolute Gasteiger partial charge is 0.191 e. The fourth-order valence-corrected chi connectivity index (χ4v) is 3.66. The summed E-state index contributed by atoms with van der Waals surface area (Å²) in [6.07, 6.45) is 2.55. The Kier molecular flexibility index (Phi) is 4.57. The van der Waals surface area contributed by atoms with Gasteiger partial charge in [-0.3, -0.25) is 0 Å². The Morgan fingerprint density at radius 1 is 1.29 bits per heavy atom. The van der Waals surface area contributed by atoms with Crippen LogP contribution < -0.4 is 0 Å². The van der Waals surface area contributed by atoms with E-state index in [1.165, 1.54) is 5.56 Å². The molecule has 0 fully saturated rings. The van der Waals surface area contributed by atoms with Gasteiger partial charge in [-0.2, -0.15) is 0 Å². The quantitative estimate of drug-likeness (QED) is 0.664. The molecule has 4 nitrogen and oxygen atoms in total. The summed E-state index contributed by atoms with van der Waals surface area (Å²) in [6, 6.07) is 7.90. The van der Waals surface area contributed by atoms with Crippen LogP contribution in [0.15, 0.2) is 41.1 Å². The molecule has 1 aromatic carbocycles. The zero-order valence-electron chi connectivity index (χ0n) is 11.4. The first-order valence-corrected chi connectivity index (χ1v) is 8.59. The summed E-state index contributed by atoms with van der Waals surface area (Å²) in [4.78, 5) is 4.66. The van der Waals surface area contributed by atoms with Gasteiger partial charge in [-0.05, 0) is 17.7 Å². The second kappa shape index (κ2) is 6.60. The lowest BCUT2D eigenvalue weighted by molar-refractivity contribution is 0.788. The summed E-state index contributed by atoms with van der Waals surface area (Å²) in [5, 5.41) is 12.8. The van der Waals surface area contributed by atoms with Gasteiger partial charge in [0.15, 0.2) is 5.16 Å². The number of aromatic nitrogens is 4. The molecule has 0 radical (unpaired) electrons. The molecule has 0 saturated heterocycles. The minimum Gasteiger partial charge on any atom is -0.312 e. The Labute approximate surface area is 136 Å². The van der Waals surface area contributed by atoms with Crippen LogP contribution in [0.1, 0.15) is 16.3 Å². The van der Waals surface area contributed by atoms with Gasteiger partial charge in [-0.1, -0.05) is 35.5 Å². The van der Waals surface area contributed by atoms with E-state index in [9.17, 15) is 0 Å². The van der Waals surface area contributed by atoms with Gasteiger partial charge in [0.1, 0.15) is 6.33 Å². The predicted molar refractivity (Wildman–Crippen MR) is 86.9 cm³/mol. The van der Waals surface area contributed by atoms with Gasteiger partial charge in [-0.15, -0.1) is 21.5 Å². The second-order valence-corrected chi connectivity index (χ2v) is 6.87. The van der Waals surface area contributed by atoms with Gasteiger partial charge in [0.25, 0.3) is 0 Å². The summed E-state index contributed by atoms with van der Waals surface area (Å²) in [5.41, 5.74) is 2.30. The molecule has 21 heavy (non-hydrogen) atoms. The van der Waals surface area contributed by atoms with Crippen molar-refractivity contribution in [1.82, 2.24) is 19.7 Å². The highest BCUT2D eigenvalue weighted by molar-refractivity contribution is 7.98. The fourth-order valence-electron chi connectivity index (χ4n) is 1.82. The molecular weight excluding hydrogens is 324 g/mol. The first kappa shape index (κ1) is 14.6. The molecule has 7 heteroatoms. The van der Waals surface area contributed by atoms with Crippen molar-refractivity contribution in [3.63, 3.8) is 0 Å². The monoisotopic (exact) mass is 336 g/mol. The van der Waals surface area contributed by atoms with Crippen molar-refractivity contribution in [2.45, 2.75) is 17.3 Å². The van der Waals surface area contributed by atoms with Gasteiger partial charge < -0.3 is 4.57 Å². The van der Waals surface area contributed by atoms with Gasteiger partial charge in [0, 0.05) is 29.6 Å². The Morgan fingerprint density at radius 3 is 2.81 bits per heavy atom. The van der Waals surface area contributed by atoms with Gasteiger partial charge in [0.05, 0.1) is 10.7 Å². The number of halogens is 1. The van der Waals surface area contributed by atoms with Crippen LogP contribution in [0, 0.1) is 0 Å². The minimum atomic E-state index is 0.763. The van der Waals surface area contributed by atoms with Crippen LogP contribution >= 0.6 is 34.7 Å².